The topological polar surface area (TPSA) is 63.5 Å². The fraction of sp³-hybridized carbons (Fsp3) is 0.500. The van der Waals surface area contributed by atoms with Crippen molar-refractivity contribution in [3.8, 4) is 5.75 Å². The van der Waals surface area contributed by atoms with Gasteiger partial charge in [0.1, 0.15) is 0 Å². The molecule has 1 aromatic heterocycles. The lowest BCUT2D eigenvalue weighted by molar-refractivity contribution is 0.0927. The van der Waals surface area contributed by atoms with E-state index >= 15 is 0 Å². The number of ketones is 1. The summed E-state index contributed by atoms with van der Waals surface area (Å²) in [5.41, 5.74) is 1.76. The van der Waals surface area contributed by atoms with E-state index < -0.39 is 0 Å². The van der Waals surface area contributed by atoms with Gasteiger partial charge >= 0.3 is 0 Å². The first-order valence-electron chi connectivity index (χ1n) is 8.20. The molecule has 5 heteroatoms. The Hall–Kier alpha value is -1.85. The van der Waals surface area contributed by atoms with Crippen molar-refractivity contribution in [3.63, 3.8) is 0 Å². The first kappa shape index (κ1) is 16.0. The normalized spacial score (nSPS) is 18.0. The Bertz CT molecular complexity index is 700. The minimum absolute atomic E-state index is 0.0310. The number of methoxy groups -OCH3 is 1. The molecule has 1 atom stereocenters. The molecule has 1 aromatic carbocycles. The zero-order valence-electron chi connectivity index (χ0n) is 13.9. The van der Waals surface area contributed by atoms with E-state index in [0.29, 0.717) is 23.1 Å². The van der Waals surface area contributed by atoms with E-state index in [2.05, 4.69) is 24.5 Å². The summed E-state index contributed by atoms with van der Waals surface area (Å²) in [7, 11) is 1.61. The Morgan fingerprint density at radius 3 is 2.96 bits per heavy atom. The first-order valence-corrected chi connectivity index (χ1v) is 8.20. The first-order chi connectivity index (χ1) is 11.1. The number of fused-ring (bicyclic) bond motifs is 1. The largest absolute Gasteiger partial charge is 0.493 e. The molecule has 2 aromatic rings. The van der Waals surface area contributed by atoms with Crippen molar-refractivity contribution < 1.29 is 13.9 Å². The van der Waals surface area contributed by atoms with Crippen LogP contribution in [0.1, 0.15) is 42.8 Å². The van der Waals surface area contributed by atoms with Gasteiger partial charge in [-0.15, -0.1) is 0 Å². The van der Waals surface area contributed by atoms with Crippen LogP contribution >= 0.6 is 0 Å². The minimum atomic E-state index is -0.126. The third-order valence-corrected chi connectivity index (χ3v) is 4.28. The molecule has 2 N–H and O–H groups in total. The Kier molecular flexibility index (Phi) is 4.68. The van der Waals surface area contributed by atoms with Crippen LogP contribution in [-0.2, 0) is 6.54 Å². The number of Topliss-reactive ketones (excluding diaryl/α,β-unsaturated/α-hetero) is 1. The number of hydrogen-bond donors (Lipinski definition) is 2. The number of carbonyl (C=O) groups is 1. The number of ether oxygens (including phenoxy) is 1. The van der Waals surface area contributed by atoms with E-state index in [-0.39, 0.29) is 11.8 Å². The Balaban J connectivity index is 1.97. The minimum Gasteiger partial charge on any atom is -0.493 e. The molecular formula is C18H24N2O3. The van der Waals surface area contributed by atoms with E-state index in [1.807, 2.05) is 18.2 Å². The SMILES string of the molecule is COc1ccc(CNC(C)C)c2cc(C(=O)C3CCCN3)oc12. The summed E-state index contributed by atoms with van der Waals surface area (Å²) in [4.78, 5) is 12.6. The van der Waals surface area contributed by atoms with Crippen molar-refractivity contribution in [2.24, 2.45) is 0 Å². The zero-order chi connectivity index (χ0) is 16.4. The van der Waals surface area contributed by atoms with Gasteiger partial charge in [0.15, 0.2) is 17.1 Å². The van der Waals surface area contributed by atoms with E-state index in [0.717, 1.165) is 36.9 Å². The second-order valence-electron chi connectivity index (χ2n) is 6.33. The van der Waals surface area contributed by atoms with Crippen molar-refractivity contribution in [2.45, 2.75) is 45.3 Å². The number of carbonyl (C=O) groups excluding carboxylic acids is 1. The predicted molar refractivity (Wildman–Crippen MR) is 90.1 cm³/mol. The maximum Gasteiger partial charge on any atom is 0.214 e. The van der Waals surface area contributed by atoms with Crippen molar-refractivity contribution in [1.29, 1.82) is 0 Å². The maximum atomic E-state index is 12.6. The molecule has 0 aliphatic carbocycles. The molecule has 2 heterocycles. The third-order valence-electron chi connectivity index (χ3n) is 4.28. The van der Waals surface area contributed by atoms with Crippen LogP contribution in [0.3, 0.4) is 0 Å². The van der Waals surface area contributed by atoms with Crippen LogP contribution < -0.4 is 15.4 Å². The molecule has 0 spiro atoms. The number of hydrogen-bond acceptors (Lipinski definition) is 5. The smallest absolute Gasteiger partial charge is 0.214 e. The van der Waals surface area contributed by atoms with Gasteiger partial charge in [0.05, 0.1) is 13.2 Å². The van der Waals surface area contributed by atoms with Crippen molar-refractivity contribution in [2.75, 3.05) is 13.7 Å². The van der Waals surface area contributed by atoms with Gasteiger partial charge < -0.3 is 19.8 Å². The molecule has 0 saturated carbocycles. The van der Waals surface area contributed by atoms with Crippen LogP contribution in [0.15, 0.2) is 22.6 Å². The summed E-state index contributed by atoms with van der Waals surface area (Å²) in [6, 6.07) is 6.04. The lowest BCUT2D eigenvalue weighted by Gasteiger charge is -2.09. The van der Waals surface area contributed by atoms with Crippen LogP contribution in [0.2, 0.25) is 0 Å². The van der Waals surface area contributed by atoms with Crippen LogP contribution in [-0.4, -0.2) is 31.5 Å². The van der Waals surface area contributed by atoms with Gasteiger partial charge in [0.2, 0.25) is 5.78 Å². The zero-order valence-corrected chi connectivity index (χ0v) is 13.9. The predicted octanol–water partition coefficient (Wildman–Crippen LogP) is 2.87. The molecule has 23 heavy (non-hydrogen) atoms. The van der Waals surface area contributed by atoms with Crippen LogP contribution in [0.25, 0.3) is 11.0 Å². The maximum absolute atomic E-state index is 12.6. The second-order valence-corrected chi connectivity index (χ2v) is 6.33. The third kappa shape index (κ3) is 3.26. The summed E-state index contributed by atoms with van der Waals surface area (Å²) < 4.78 is 11.3. The number of benzene rings is 1. The van der Waals surface area contributed by atoms with Crippen LogP contribution in [0.4, 0.5) is 0 Å². The molecule has 1 aliphatic rings. The summed E-state index contributed by atoms with van der Waals surface area (Å²) in [5, 5.41) is 7.58. The Labute approximate surface area is 136 Å². The van der Waals surface area contributed by atoms with Crippen LogP contribution in [0.5, 0.6) is 5.75 Å². The molecule has 1 saturated heterocycles. The molecule has 0 radical (unpaired) electrons. The highest BCUT2D eigenvalue weighted by atomic mass is 16.5. The van der Waals surface area contributed by atoms with Gasteiger partial charge in [-0.2, -0.15) is 0 Å². The monoisotopic (exact) mass is 316 g/mol. The summed E-state index contributed by atoms with van der Waals surface area (Å²) in [6.45, 7) is 5.84. The van der Waals surface area contributed by atoms with E-state index in [1.165, 1.54) is 0 Å². The summed E-state index contributed by atoms with van der Waals surface area (Å²) in [5.74, 6) is 1.10. The molecule has 124 valence electrons. The highest BCUT2D eigenvalue weighted by Crippen LogP contribution is 2.32. The molecular weight excluding hydrogens is 292 g/mol. The number of nitrogens with one attached hydrogen (secondary N) is 2. The molecule has 0 amide bonds. The van der Waals surface area contributed by atoms with Crippen molar-refractivity contribution in [1.82, 2.24) is 10.6 Å². The van der Waals surface area contributed by atoms with Gasteiger partial charge in [0.25, 0.3) is 0 Å². The van der Waals surface area contributed by atoms with E-state index in [9.17, 15) is 4.79 Å². The quantitative estimate of drug-likeness (QED) is 0.802. The number of rotatable bonds is 6. The highest BCUT2D eigenvalue weighted by Gasteiger charge is 2.27. The number of furan rings is 1. The van der Waals surface area contributed by atoms with Gasteiger partial charge in [0, 0.05) is 18.0 Å². The lowest BCUT2D eigenvalue weighted by atomic mass is 10.1. The average Bonchev–Trinajstić information content (AvgIpc) is 3.21. The fourth-order valence-corrected chi connectivity index (χ4v) is 2.98. The van der Waals surface area contributed by atoms with Crippen LogP contribution in [0, 0.1) is 0 Å². The Morgan fingerprint density at radius 1 is 1.48 bits per heavy atom. The molecule has 1 aliphatic heterocycles. The van der Waals surface area contributed by atoms with Gasteiger partial charge in [-0.05, 0) is 37.1 Å². The highest BCUT2D eigenvalue weighted by molar-refractivity contribution is 6.02. The van der Waals surface area contributed by atoms with E-state index in [1.54, 1.807) is 7.11 Å². The standard InChI is InChI=1S/C18H24N2O3/c1-11(2)20-10-12-6-7-15(22-3)18-13(12)9-16(23-18)17(21)14-5-4-8-19-14/h6-7,9,11,14,19-20H,4-5,8,10H2,1-3H3. The van der Waals surface area contributed by atoms with E-state index in [4.69, 9.17) is 9.15 Å². The molecule has 1 fully saturated rings. The van der Waals surface area contributed by atoms with Gasteiger partial charge in [-0.3, -0.25) is 4.79 Å². The molecule has 1 unspecified atom stereocenters. The second kappa shape index (κ2) is 6.72. The fourth-order valence-electron chi connectivity index (χ4n) is 2.98. The van der Waals surface area contributed by atoms with Gasteiger partial charge in [-0.1, -0.05) is 19.9 Å². The summed E-state index contributed by atoms with van der Waals surface area (Å²) >= 11 is 0. The Morgan fingerprint density at radius 2 is 2.30 bits per heavy atom. The van der Waals surface area contributed by atoms with Crippen molar-refractivity contribution in [3.05, 3.63) is 29.5 Å². The van der Waals surface area contributed by atoms with Gasteiger partial charge in [-0.25, -0.2) is 0 Å². The molecule has 5 nitrogen and oxygen atoms in total. The summed E-state index contributed by atoms with van der Waals surface area (Å²) in [6.07, 6.45) is 1.90. The average molecular weight is 316 g/mol. The molecule has 3 rings (SSSR count). The lowest BCUT2D eigenvalue weighted by Crippen LogP contribution is -2.30. The van der Waals surface area contributed by atoms with Crippen molar-refractivity contribution >= 4 is 16.8 Å². The molecule has 0 bridgehead atoms.